The Kier molecular flexibility index (Phi) is 4.55. The maximum absolute atomic E-state index is 13.2. The van der Waals surface area contributed by atoms with Crippen molar-refractivity contribution in [1.29, 1.82) is 0 Å². The summed E-state index contributed by atoms with van der Waals surface area (Å²) in [5, 5.41) is 12.7. The molecule has 3 rings (SSSR count). The van der Waals surface area contributed by atoms with Gasteiger partial charge in [0.15, 0.2) is 11.5 Å². The van der Waals surface area contributed by atoms with E-state index in [0.29, 0.717) is 35.2 Å². The van der Waals surface area contributed by atoms with Crippen LogP contribution in [-0.2, 0) is 10.8 Å². The Bertz CT molecular complexity index is 815. The molecule has 5 heteroatoms. The molecular formula is C21H26O4S. The molecule has 0 atom stereocenters. The Labute approximate surface area is 158 Å². The summed E-state index contributed by atoms with van der Waals surface area (Å²) in [7, 11) is 0. The van der Waals surface area contributed by atoms with Gasteiger partial charge in [-0.15, -0.1) is 11.3 Å². The summed E-state index contributed by atoms with van der Waals surface area (Å²) in [5.74, 6) is 1.34. The molecule has 1 aliphatic heterocycles. The van der Waals surface area contributed by atoms with Gasteiger partial charge in [-0.1, -0.05) is 41.5 Å². The van der Waals surface area contributed by atoms with Gasteiger partial charge in [-0.05, 0) is 23.0 Å². The average molecular weight is 375 g/mol. The maximum Gasteiger partial charge on any atom is 0.206 e. The Balaban J connectivity index is 2.16. The fourth-order valence-corrected chi connectivity index (χ4v) is 3.95. The summed E-state index contributed by atoms with van der Waals surface area (Å²) in [5.41, 5.74) is 1.55. The van der Waals surface area contributed by atoms with Gasteiger partial charge in [-0.25, -0.2) is 0 Å². The quantitative estimate of drug-likeness (QED) is 0.747. The van der Waals surface area contributed by atoms with Crippen molar-refractivity contribution in [1.82, 2.24) is 0 Å². The fraction of sp³-hybridized carbons (Fsp3) is 0.476. The second-order valence-corrected chi connectivity index (χ2v) is 9.58. The maximum atomic E-state index is 13.2. The number of aromatic hydroxyl groups is 1. The van der Waals surface area contributed by atoms with Crippen molar-refractivity contribution in [3.05, 3.63) is 39.1 Å². The van der Waals surface area contributed by atoms with Crippen LogP contribution < -0.4 is 9.47 Å². The molecule has 1 aliphatic rings. The summed E-state index contributed by atoms with van der Waals surface area (Å²) in [4.78, 5) is 13.8. The predicted octanol–water partition coefficient (Wildman–Crippen LogP) is 5.05. The Morgan fingerprint density at radius 2 is 1.54 bits per heavy atom. The lowest BCUT2D eigenvalue weighted by Gasteiger charge is -2.28. The zero-order valence-corrected chi connectivity index (χ0v) is 17.0. The first kappa shape index (κ1) is 18.8. The van der Waals surface area contributed by atoms with E-state index in [4.69, 9.17) is 9.47 Å². The number of ketones is 1. The molecule has 1 aromatic heterocycles. The molecule has 2 aromatic rings. The van der Waals surface area contributed by atoms with Gasteiger partial charge < -0.3 is 14.6 Å². The minimum Gasteiger partial charge on any atom is -0.507 e. The SMILES string of the molecule is CC(C)(C)c1cc(C(=O)c2scc3c2OCCO3)cc(C(C)(C)C)c1O. The van der Waals surface area contributed by atoms with Gasteiger partial charge in [0.2, 0.25) is 5.78 Å². The van der Waals surface area contributed by atoms with Crippen LogP contribution in [0, 0.1) is 0 Å². The molecule has 0 bridgehead atoms. The van der Waals surface area contributed by atoms with Gasteiger partial charge in [0.25, 0.3) is 0 Å². The van der Waals surface area contributed by atoms with Gasteiger partial charge in [0.05, 0.1) is 0 Å². The van der Waals surface area contributed by atoms with Gasteiger partial charge in [0.1, 0.15) is 23.8 Å². The van der Waals surface area contributed by atoms with Crippen molar-refractivity contribution >= 4 is 17.1 Å². The van der Waals surface area contributed by atoms with Crippen LogP contribution >= 0.6 is 11.3 Å². The van der Waals surface area contributed by atoms with E-state index in [-0.39, 0.29) is 22.4 Å². The Hall–Kier alpha value is -2.01. The van der Waals surface area contributed by atoms with E-state index in [2.05, 4.69) is 0 Å². The average Bonchev–Trinajstić information content (AvgIpc) is 2.96. The van der Waals surface area contributed by atoms with Gasteiger partial charge in [-0.3, -0.25) is 4.79 Å². The number of hydrogen-bond donors (Lipinski definition) is 1. The topological polar surface area (TPSA) is 55.8 Å². The van der Waals surface area contributed by atoms with Gasteiger partial charge >= 0.3 is 0 Å². The van der Waals surface area contributed by atoms with Crippen LogP contribution in [0.3, 0.4) is 0 Å². The summed E-state index contributed by atoms with van der Waals surface area (Å²) < 4.78 is 11.2. The van der Waals surface area contributed by atoms with Crippen molar-refractivity contribution in [3.63, 3.8) is 0 Å². The number of phenols is 1. The van der Waals surface area contributed by atoms with Crippen molar-refractivity contribution in [3.8, 4) is 17.2 Å². The second kappa shape index (κ2) is 6.31. The monoisotopic (exact) mass is 374 g/mol. The van der Waals surface area contributed by atoms with E-state index in [9.17, 15) is 9.90 Å². The normalized spacial score (nSPS) is 14.4. The molecule has 0 fully saturated rings. The number of ether oxygens (including phenoxy) is 2. The fourth-order valence-electron chi connectivity index (χ4n) is 3.06. The smallest absolute Gasteiger partial charge is 0.206 e. The van der Waals surface area contributed by atoms with E-state index >= 15 is 0 Å². The second-order valence-electron chi connectivity index (χ2n) is 8.70. The van der Waals surface area contributed by atoms with E-state index in [1.807, 2.05) is 59.1 Å². The zero-order chi connectivity index (χ0) is 19.3. The van der Waals surface area contributed by atoms with Crippen molar-refractivity contribution in [2.24, 2.45) is 0 Å². The molecular weight excluding hydrogens is 348 g/mol. The van der Waals surface area contributed by atoms with Crippen LogP contribution in [-0.4, -0.2) is 24.1 Å². The molecule has 0 spiro atoms. The van der Waals surface area contributed by atoms with Crippen LogP contribution in [0.25, 0.3) is 0 Å². The molecule has 0 unspecified atom stereocenters. The number of phenolic OH excluding ortho intramolecular Hbond substituents is 1. The highest BCUT2D eigenvalue weighted by atomic mass is 32.1. The molecule has 1 aromatic carbocycles. The highest BCUT2D eigenvalue weighted by Gasteiger charge is 2.30. The summed E-state index contributed by atoms with van der Waals surface area (Å²) >= 11 is 1.34. The molecule has 2 heterocycles. The predicted molar refractivity (Wildman–Crippen MR) is 104 cm³/mol. The van der Waals surface area contributed by atoms with E-state index in [1.54, 1.807) is 0 Å². The Morgan fingerprint density at radius 1 is 1.00 bits per heavy atom. The van der Waals surface area contributed by atoms with Gasteiger partial charge in [-0.2, -0.15) is 0 Å². The van der Waals surface area contributed by atoms with Crippen LogP contribution in [0.15, 0.2) is 17.5 Å². The minimum atomic E-state index is -0.283. The molecule has 4 nitrogen and oxygen atoms in total. The minimum absolute atomic E-state index is 0.0993. The first-order valence-electron chi connectivity index (χ1n) is 8.80. The summed E-state index contributed by atoms with van der Waals surface area (Å²) in [6, 6.07) is 3.62. The van der Waals surface area contributed by atoms with Crippen molar-refractivity contribution in [2.75, 3.05) is 13.2 Å². The zero-order valence-electron chi connectivity index (χ0n) is 16.2. The van der Waals surface area contributed by atoms with E-state index in [1.165, 1.54) is 11.3 Å². The van der Waals surface area contributed by atoms with Crippen LogP contribution in [0.1, 0.15) is 67.9 Å². The number of carbonyl (C=O) groups excluding carboxylic acids is 1. The van der Waals surface area contributed by atoms with Crippen LogP contribution in [0.2, 0.25) is 0 Å². The number of carbonyl (C=O) groups is 1. The number of rotatable bonds is 2. The Morgan fingerprint density at radius 3 is 2.08 bits per heavy atom. The number of hydrogen-bond acceptors (Lipinski definition) is 5. The highest BCUT2D eigenvalue weighted by Crippen LogP contribution is 2.43. The lowest BCUT2D eigenvalue weighted by Crippen LogP contribution is -2.19. The molecule has 0 saturated heterocycles. The molecule has 0 amide bonds. The van der Waals surface area contributed by atoms with Crippen LogP contribution in [0.5, 0.6) is 17.2 Å². The molecule has 26 heavy (non-hydrogen) atoms. The standard InChI is InChI=1S/C21H26O4S/c1-20(2,3)13-9-12(10-14(17(13)23)21(4,5)6)16(22)19-18-15(11-26-19)24-7-8-25-18/h9-11,23H,7-8H2,1-6H3. The first-order chi connectivity index (χ1) is 12.0. The van der Waals surface area contributed by atoms with E-state index in [0.717, 1.165) is 11.1 Å². The first-order valence-corrected chi connectivity index (χ1v) is 9.68. The van der Waals surface area contributed by atoms with Gasteiger partial charge in [0, 0.05) is 22.1 Å². The largest absolute Gasteiger partial charge is 0.507 e. The third-order valence-corrected chi connectivity index (χ3v) is 5.43. The number of fused-ring (bicyclic) bond motifs is 1. The third-order valence-electron chi connectivity index (χ3n) is 4.50. The molecule has 140 valence electrons. The lowest BCUT2D eigenvalue weighted by molar-refractivity contribution is 0.103. The summed E-state index contributed by atoms with van der Waals surface area (Å²) in [6.45, 7) is 13.2. The molecule has 0 radical (unpaired) electrons. The van der Waals surface area contributed by atoms with Crippen molar-refractivity contribution in [2.45, 2.75) is 52.4 Å². The molecule has 1 N–H and O–H groups in total. The van der Waals surface area contributed by atoms with Crippen molar-refractivity contribution < 1.29 is 19.4 Å². The number of benzene rings is 1. The highest BCUT2D eigenvalue weighted by molar-refractivity contribution is 7.13. The molecule has 0 saturated carbocycles. The number of thiophene rings is 1. The third kappa shape index (κ3) is 3.32. The molecule has 0 aliphatic carbocycles. The summed E-state index contributed by atoms with van der Waals surface area (Å²) in [6.07, 6.45) is 0. The van der Waals surface area contributed by atoms with E-state index < -0.39 is 0 Å². The lowest BCUT2D eigenvalue weighted by atomic mass is 9.78. The van der Waals surface area contributed by atoms with Crippen LogP contribution in [0.4, 0.5) is 0 Å².